The molecule has 4 nitrogen and oxygen atoms in total. The smallest absolute Gasteiger partial charge is 0.377 e. The SMILES string of the molecule is CCCCCCCCCCCCCCCCCCN.CCC[Si](OC)(OC)OC. The topological polar surface area (TPSA) is 53.7 Å². The zero-order valence-corrected chi connectivity index (χ0v) is 21.7. The minimum Gasteiger partial charge on any atom is -0.377 e. The zero-order chi connectivity index (χ0) is 22.1. The van der Waals surface area contributed by atoms with E-state index in [1.165, 1.54) is 103 Å². The maximum Gasteiger partial charge on any atom is 0.500 e. The lowest BCUT2D eigenvalue weighted by Crippen LogP contribution is -2.42. The van der Waals surface area contributed by atoms with Crippen LogP contribution in [0.5, 0.6) is 0 Å². The molecule has 0 saturated carbocycles. The van der Waals surface area contributed by atoms with Gasteiger partial charge in [0, 0.05) is 27.4 Å². The van der Waals surface area contributed by atoms with Crippen LogP contribution in [0.2, 0.25) is 6.04 Å². The molecule has 2 N–H and O–H groups in total. The van der Waals surface area contributed by atoms with Crippen molar-refractivity contribution >= 4 is 8.80 Å². The Kier molecular flexibility index (Phi) is 28.1. The molecular formula is C24H55NO3Si. The summed E-state index contributed by atoms with van der Waals surface area (Å²) in [6.07, 6.45) is 23.9. The first-order valence-corrected chi connectivity index (χ1v) is 14.4. The van der Waals surface area contributed by atoms with Crippen molar-refractivity contribution in [3.8, 4) is 0 Å². The zero-order valence-electron chi connectivity index (χ0n) is 20.7. The predicted octanol–water partition coefficient (Wildman–Crippen LogP) is 7.48. The molecule has 0 aromatic carbocycles. The highest BCUT2D eigenvalue weighted by molar-refractivity contribution is 6.60. The summed E-state index contributed by atoms with van der Waals surface area (Å²) >= 11 is 0. The van der Waals surface area contributed by atoms with Crippen LogP contribution in [0.4, 0.5) is 0 Å². The number of rotatable bonds is 21. The van der Waals surface area contributed by atoms with Crippen LogP contribution in [0.1, 0.15) is 123 Å². The van der Waals surface area contributed by atoms with Crippen LogP contribution >= 0.6 is 0 Å². The minimum absolute atomic E-state index is 0.873. The Morgan fingerprint density at radius 1 is 0.483 bits per heavy atom. The first-order chi connectivity index (χ1) is 14.2. The summed E-state index contributed by atoms with van der Waals surface area (Å²) in [4.78, 5) is 0. The number of nitrogens with two attached hydrogens (primary N) is 1. The van der Waals surface area contributed by atoms with Crippen LogP contribution in [0.25, 0.3) is 0 Å². The Morgan fingerprint density at radius 3 is 1.00 bits per heavy atom. The monoisotopic (exact) mass is 433 g/mol. The summed E-state index contributed by atoms with van der Waals surface area (Å²) in [5.41, 5.74) is 5.48. The van der Waals surface area contributed by atoms with E-state index in [0.717, 1.165) is 19.0 Å². The largest absolute Gasteiger partial charge is 0.500 e. The second-order valence-corrected chi connectivity index (χ2v) is 11.2. The first kappa shape index (κ1) is 31.2. The predicted molar refractivity (Wildman–Crippen MR) is 130 cm³/mol. The third-order valence-electron chi connectivity index (χ3n) is 5.55. The molecule has 0 aliphatic rings. The fraction of sp³-hybridized carbons (Fsp3) is 1.00. The van der Waals surface area contributed by atoms with Gasteiger partial charge in [0.1, 0.15) is 0 Å². The number of hydrogen-bond donors (Lipinski definition) is 1. The third kappa shape index (κ3) is 22.6. The van der Waals surface area contributed by atoms with E-state index in [1.807, 2.05) is 0 Å². The van der Waals surface area contributed by atoms with E-state index in [4.69, 9.17) is 19.0 Å². The van der Waals surface area contributed by atoms with Gasteiger partial charge in [0.15, 0.2) is 0 Å². The molecule has 0 aliphatic carbocycles. The fourth-order valence-corrected chi connectivity index (χ4v) is 5.28. The van der Waals surface area contributed by atoms with E-state index >= 15 is 0 Å². The van der Waals surface area contributed by atoms with Crippen LogP contribution in [0, 0.1) is 0 Å². The highest BCUT2D eigenvalue weighted by atomic mass is 28.4. The first-order valence-electron chi connectivity index (χ1n) is 12.5. The molecule has 0 unspecified atom stereocenters. The van der Waals surface area contributed by atoms with Gasteiger partial charge in [-0.25, -0.2) is 0 Å². The molecule has 0 amide bonds. The van der Waals surface area contributed by atoms with Gasteiger partial charge in [-0.1, -0.05) is 117 Å². The molecule has 0 bridgehead atoms. The Bertz CT molecular complexity index is 265. The molecule has 0 rings (SSSR count). The average Bonchev–Trinajstić information content (AvgIpc) is 2.75. The lowest BCUT2D eigenvalue weighted by Gasteiger charge is -2.23. The van der Waals surface area contributed by atoms with E-state index in [0.29, 0.717) is 0 Å². The Hall–Kier alpha value is 0.0569. The molecule has 0 saturated heterocycles. The highest BCUT2D eigenvalue weighted by Gasteiger charge is 2.36. The molecule has 29 heavy (non-hydrogen) atoms. The molecule has 0 radical (unpaired) electrons. The van der Waals surface area contributed by atoms with Gasteiger partial charge in [-0.3, -0.25) is 0 Å². The Labute approximate surface area is 185 Å². The van der Waals surface area contributed by atoms with Crippen molar-refractivity contribution in [2.24, 2.45) is 5.73 Å². The van der Waals surface area contributed by atoms with Gasteiger partial charge in [-0.05, 0) is 13.0 Å². The average molecular weight is 434 g/mol. The minimum atomic E-state index is -2.22. The normalized spacial score (nSPS) is 11.4. The summed E-state index contributed by atoms with van der Waals surface area (Å²) < 4.78 is 15.5. The van der Waals surface area contributed by atoms with E-state index in [9.17, 15) is 0 Å². The van der Waals surface area contributed by atoms with Crippen LogP contribution in [0.3, 0.4) is 0 Å². The van der Waals surface area contributed by atoms with Crippen LogP contribution in [0.15, 0.2) is 0 Å². The van der Waals surface area contributed by atoms with Crippen LogP contribution in [-0.4, -0.2) is 36.7 Å². The van der Waals surface area contributed by atoms with Gasteiger partial charge >= 0.3 is 8.80 Å². The van der Waals surface area contributed by atoms with E-state index in [2.05, 4.69) is 13.8 Å². The maximum absolute atomic E-state index is 5.48. The van der Waals surface area contributed by atoms with Gasteiger partial charge in [0.05, 0.1) is 0 Å². The fourth-order valence-electron chi connectivity index (χ4n) is 3.55. The Morgan fingerprint density at radius 2 is 0.793 bits per heavy atom. The van der Waals surface area contributed by atoms with Gasteiger partial charge in [-0.2, -0.15) is 0 Å². The molecule has 5 heteroatoms. The summed E-state index contributed by atoms with van der Waals surface area (Å²) in [6.45, 7) is 5.25. The molecule has 0 heterocycles. The molecule has 0 spiro atoms. The standard InChI is InChI=1S/C18H39N.C6H16O3Si/c1-2-3-4-5-6-7-8-9-10-11-12-13-14-15-16-17-18-19;1-5-6-10(7-2,8-3)9-4/h2-19H2,1H3;5-6H2,1-4H3. The molecular weight excluding hydrogens is 378 g/mol. The quantitative estimate of drug-likeness (QED) is 0.150. The number of unbranched alkanes of at least 4 members (excludes halogenated alkanes) is 15. The van der Waals surface area contributed by atoms with Crippen molar-refractivity contribution < 1.29 is 13.3 Å². The summed E-state index contributed by atoms with van der Waals surface area (Å²) in [5.74, 6) is 0. The van der Waals surface area contributed by atoms with Gasteiger partial charge in [0.2, 0.25) is 0 Å². The molecule has 0 aromatic heterocycles. The van der Waals surface area contributed by atoms with Crippen LogP contribution < -0.4 is 5.73 Å². The Balaban J connectivity index is 0. The van der Waals surface area contributed by atoms with E-state index in [-0.39, 0.29) is 0 Å². The highest BCUT2D eigenvalue weighted by Crippen LogP contribution is 2.14. The second kappa shape index (κ2) is 26.1. The van der Waals surface area contributed by atoms with Gasteiger partial charge < -0.3 is 19.0 Å². The lowest BCUT2D eigenvalue weighted by atomic mass is 10.0. The summed E-state index contributed by atoms with van der Waals surface area (Å²) in [7, 11) is 2.68. The lowest BCUT2D eigenvalue weighted by molar-refractivity contribution is 0.123. The van der Waals surface area contributed by atoms with E-state index in [1.54, 1.807) is 21.3 Å². The van der Waals surface area contributed by atoms with Crippen molar-refractivity contribution in [1.82, 2.24) is 0 Å². The van der Waals surface area contributed by atoms with Crippen molar-refractivity contribution in [2.45, 2.75) is 129 Å². The molecule has 0 fully saturated rings. The summed E-state index contributed by atoms with van der Waals surface area (Å²) in [5, 5.41) is 0. The molecule has 0 aliphatic heterocycles. The van der Waals surface area contributed by atoms with Crippen molar-refractivity contribution in [2.75, 3.05) is 27.9 Å². The van der Waals surface area contributed by atoms with Crippen molar-refractivity contribution in [3.63, 3.8) is 0 Å². The van der Waals surface area contributed by atoms with Gasteiger partial charge in [0.25, 0.3) is 0 Å². The van der Waals surface area contributed by atoms with Crippen molar-refractivity contribution in [3.05, 3.63) is 0 Å². The second-order valence-electron chi connectivity index (χ2n) is 8.14. The molecule has 0 atom stereocenters. The van der Waals surface area contributed by atoms with E-state index < -0.39 is 8.80 Å². The van der Waals surface area contributed by atoms with Crippen LogP contribution in [-0.2, 0) is 13.3 Å². The van der Waals surface area contributed by atoms with Crippen molar-refractivity contribution in [1.29, 1.82) is 0 Å². The summed E-state index contributed by atoms with van der Waals surface area (Å²) in [6, 6.07) is 0.885. The number of hydrogen-bond acceptors (Lipinski definition) is 4. The molecule has 0 aromatic rings. The third-order valence-corrected chi connectivity index (χ3v) is 8.53. The maximum atomic E-state index is 5.48. The van der Waals surface area contributed by atoms with Gasteiger partial charge in [-0.15, -0.1) is 0 Å². The molecule has 178 valence electrons.